The summed E-state index contributed by atoms with van der Waals surface area (Å²) in [5.74, 6) is -0.526. The van der Waals surface area contributed by atoms with Gasteiger partial charge in [0.05, 0.1) is 24.2 Å². The maximum absolute atomic E-state index is 12.8. The highest BCUT2D eigenvalue weighted by molar-refractivity contribution is 7.86. The van der Waals surface area contributed by atoms with Gasteiger partial charge in [-0.3, -0.25) is 4.90 Å². The van der Waals surface area contributed by atoms with Gasteiger partial charge >= 0.3 is 10.2 Å². The van der Waals surface area contributed by atoms with Gasteiger partial charge in [0, 0.05) is 19.6 Å². The first-order chi connectivity index (χ1) is 10.5. The molecule has 2 rings (SSSR count). The van der Waals surface area contributed by atoms with E-state index in [1.807, 2.05) is 42.2 Å². The predicted molar refractivity (Wildman–Crippen MR) is 81.1 cm³/mol. The minimum Gasteiger partial charge on any atom is -0.292 e. The fourth-order valence-corrected chi connectivity index (χ4v) is 2.56. The molecule has 1 aromatic heterocycles. The Bertz CT molecular complexity index is 688. The molecule has 120 valence electrons. The molecule has 0 unspecified atom stereocenters. The summed E-state index contributed by atoms with van der Waals surface area (Å²) < 4.78 is 34.3. The second-order valence-corrected chi connectivity index (χ2v) is 6.45. The number of aromatic nitrogens is 3. The number of rotatable bonds is 8. The molecule has 1 aromatic carbocycles. The number of nitrogens with zero attached hydrogens (tertiary/aromatic N) is 4. The molecule has 0 aliphatic rings. The Balaban J connectivity index is 2.06. The van der Waals surface area contributed by atoms with Crippen molar-refractivity contribution in [3.8, 4) is 0 Å². The van der Waals surface area contributed by atoms with E-state index in [4.69, 9.17) is 0 Å². The summed E-state index contributed by atoms with van der Waals surface area (Å²) in [4.78, 5) is 3.40. The van der Waals surface area contributed by atoms with Crippen LogP contribution in [-0.2, 0) is 29.9 Å². The summed E-state index contributed by atoms with van der Waals surface area (Å²) in [7, 11) is -4.49. The summed E-state index contributed by atoms with van der Waals surface area (Å²) >= 11 is 0. The molecule has 1 heterocycles. The third-order valence-electron chi connectivity index (χ3n) is 3.15. The Kier molecular flexibility index (Phi) is 5.62. The normalized spacial score (nSPS) is 12.0. The average molecular weight is 326 g/mol. The van der Waals surface area contributed by atoms with E-state index < -0.39 is 16.0 Å². The largest absolute Gasteiger partial charge is 0.303 e. The topological polar surface area (TPSA) is 68.1 Å². The van der Waals surface area contributed by atoms with Crippen molar-refractivity contribution in [2.24, 2.45) is 0 Å². The van der Waals surface area contributed by atoms with Crippen LogP contribution < -0.4 is 0 Å². The SMILES string of the molecule is CCn1ncc(CN(CCS(=O)(=O)F)Cc2ccccc2)n1. The smallest absolute Gasteiger partial charge is 0.292 e. The van der Waals surface area contributed by atoms with Crippen molar-refractivity contribution >= 4 is 10.2 Å². The van der Waals surface area contributed by atoms with E-state index in [2.05, 4.69) is 10.2 Å². The van der Waals surface area contributed by atoms with E-state index in [0.29, 0.717) is 19.6 Å². The van der Waals surface area contributed by atoms with Crippen molar-refractivity contribution in [3.05, 3.63) is 47.8 Å². The monoisotopic (exact) mass is 326 g/mol. The molecule has 0 spiro atoms. The second-order valence-electron chi connectivity index (χ2n) is 4.96. The highest BCUT2D eigenvalue weighted by Crippen LogP contribution is 2.09. The lowest BCUT2D eigenvalue weighted by molar-refractivity contribution is 0.267. The zero-order chi connectivity index (χ0) is 16.0. The maximum Gasteiger partial charge on any atom is 0.303 e. The Labute approximate surface area is 129 Å². The van der Waals surface area contributed by atoms with Crippen LogP contribution in [0, 0.1) is 0 Å². The Hall–Kier alpha value is -1.80. The molecule has 8 heteroatoms. The molecule has 0 N–H and O–H groups in total. The molecule has 0 amide bonds. The van der Waals surface area contributed by atoms with Gasteiger partial charge in [-0.2, -0.15) is 23.4 Å². The summed E-state index contributed by atoms with van der Waals surface area (Å²) in [6.45, 7) is 3.64. The fraction of sp³-hybridized carbons (Fsp3) is 0.429. The molecule has 0 saturated carbocycles. The van der Waals surface area contributed by atoms with E-state index in [0.717, 1.165) is 11.3 Å². The Morgan fingerprint density at radius 1 is 1.23 bits per heavy atom. The van der Waals surface area contributed by atoms with Crippen LogP contribution >= 0.6 is 0 Å². The second kappa shape index (κ2) is 7.46. The molecule has 0 fully saturated rings. The third kappa shape index (κ3) is 5.53. The van der Waals surface area contributed by atoms with Crippen LogP contribution in [0.3, 0.4) is 0 Å². The van der Waals surface area contributed by atoms with Crippen molar-refractivity contribution in [1.82, 2.24) is 19.9 Å². The minimum atomic E-state index is -4.49. The Morgan fingerprint density at radius 2 is 1.95 bits per heavy atom. The van der Waals surface area contributed by atoms with Gasteiger partial charge in [-0.25, -0.2) is 0 Å². The number of benzene rings is 1. The van der Waals surface area contributed by atoms with Crippen LogP contribution in [0.5, 0.6) is 0 Å². The minimum absolute atomic E-state index is 0.104. The first kappa shape index (κ1) is 16.6. The van der Waals surface area contributed by atoms with Crippen molar-refractivity contribution in [2.45, 2.75) is 26.6 Å². The van der Waals surface area contributed by atoms with E-state index in [-0.39, 0.29) is 6.54 Å². The highest BCUT2D eigenvalue weighted by Gasteiger charge is 2.14. The number of hydrogen-bond donors (Lipinski definition) is 0. The zero-order valence-corrected chi connectivity index (χ0v) is 13.2. The Morgan fingerprint density at radius 3 is 2.55 bits per heavy atom. The number of aryl methyl sites for hydroxylation is 1. The average Bonchev–Trinajstić information content (AvgIpc) is 2.93. The van der Waals surface area contributed by atoms with E-state index in [1.165, 1.54) is 0 Å². The summed E-state index contributed by atoms with van der Waals surface area (Å²) in [6, 6.07) is 9.62. The van der Waals surface area contributed by atoms with E-state index in [1.54, 1.807) is 11.0 Å². The van der Waals surface area contributed by atoms with E-state index in [9.17, 15) is 12.3 Å². The van der Waals surface area contributed by atoms with Crippen molar-refractivity contribution in [3.63, 3.8) is 0 Å². The van der Waals surface area contributed by atoms with Gasteiger partial charge in [0.1, 0.15) is 0 Å². The van der Waals surface area contributed by atoms with Crippen molar-refractivity contribution in [2.75, 3.05) is 12.3 Å². The van der Waals surface area contributed by atoms with E-state index >= 15 is 0 Å². The molecule has 0 radical (unpaired) electrons. The van der Waals surface area contributed by atoms with Crippen LogP contribution in [0.15, 0.2) is 36.5 Å². The molecule has 22 heavy (non-hydrogen) atoms. The molecule has 0 bridgehead atoms. The van der Waals surface area contributed by atoms with Crippen LogP contribution in [0.25, 0.3) is 0 Å². The molecule has 0 aliphatic heterocycles. The van der Waals surface area contributed by atoms with Gasteiger partial charge < -0.3 is 0 Å². The van der Waals surface area contributed by atoms with Gasteiger partial charge in [-0.1, -0.05) is 30.3 Å². The maximum atomic E-state index is 12.8. The molecular formula is C14H19FN4O2S. The van der Waals surface area contributed by atoms with Crippen LogP contribution in [0.2, 0.25) is 0 Å². The molecule has 2 aromatic rings. The van der Waals surface area contributed by atoms with Crippen molar-refractivity contribution in [1.29, 1.82) is 0 Å². The lowest BCUT2D eigenvalue weighted by Gasteiger charge is -2.20. The highest BCUT2D eigenvalue weighted by atomic mass is 32.3. The molecule has 0 atom stereocenters. The predicted octanol–water partition coefficient (Wildman–Crippen LogP) is 1.60. The van der Waals surface area contributed by atoms with Gasteiger partial charge in [0.15, 0.2) is 0 Å². The van der Waals surface area contributed by atoms with Crippen molar-refractivity contribution < 1.29 is 12.3 Å². The summed E-state index contributed by atoms with van der Waals surface area (Å²) in [6.07, 6.45) is 1.64. The standard InChI is InChI=1S/C14H19FN4O2S/c1-2-19-16-10-14(17-19)12-18(8-9-22(15,20)21)11-13-6-4-3-5-7-13/h3-7,10H,2,8-9,11-12H2,1H3. The molecule has 0 saturated heterocycles. The van der Waals surface area contributed by atoms with Gasteiger partial charge in [0.25, 0.3) is 0 Å². The quantitative estimate of drug-likeness (QED) is 0.689. The summed E-state index contributed by atoms with van der Waals surface area (Å²) in [5.41, 5.74) is 1.76. The van der Waals surface area contributed by atoms with Crippen LogP contribution in [0.4, 0.5) is 3.89 Å². The lowest BCUT2D eigenvalue weighted by atomic mass is 10.2. The molecule has 0 aliphatic carbocycles. The zero-order valence-electron chi connectivity index (χ0n) is 12.4. The summed E-state index contributed by atoms with van der Waals surface area (Å²) in [5, 5.41) is 8.37. The molecular weight excluding hydrogens is 307 g/mol. The first-order valence-electron chi connectivity index (χ1n) is 7.04. The van der Waals surface area contributed by atoms with Gasteiger partial charge in [0.2, 0.25) is 0 Å². The first-order valence-corrected chi connectivity index (χ1v) is 8.59. The van der Waals surface area contributed by atoms with Gasteiger partial charge in [-0.15, -0.1) is 3.89 Å². The third-order valence-corrected chi connectivity index (χ3v) is 3.82. The number of hydrogen-bond acceptors (Lipinski definition) is 5. The fourth-order valence-electron chi connectivity index (χ4n) is 2.08. The van der Waals surface area contributed by atoms with Crippen LogP contribution in [-0.4, -0.2) is 40.6 Å². The number of halogens is 1. The molecule has 6 nitrogen and oxygen atoms in total. The van der Waals surface area contributed by atoms with Crippen LogP contribution in [0.1, 0.15) is 18.2 Å². The van der Waals surface area contributed by atoms with Gasteiger partial charge in [-0.05, 0) is 12.5 Å². The lowest BCUT2D eigenvalue weighted by Crippen LogP contribution is -2.28.